The first-order valence-electron chi connectivity index (χ1n) is 6.16. The van der Waals surface area contributed by atoms with Crippen molar-refractivity contribution in [2.75, 3.05) is 19.0 Å². The molecule has 2 aromatic rings. The smallest absolute Gasteiger partial charge is 0.207 e. The molecule has 0 unspecified atom stereocenters. The summed E-state index contributed by atoms with van der Waals surface area (Å²) >= 11 is 3.60. The van der Waals surface area contributed by atoms with E-state index in [1.165, 1.54) is 5.56 Å². The van der Waals surface area contributed by atoms with Gasteiger partial charge in [0.25, 0.3) is 0 Å². The summed E-state index contributed by atoms with van der Waals surface area (Å²) in [6.07, 6.45) is 2.02. The van der Waals surface area contributed by atoms with Crippen LogP contribution in [-0.4, -0.2) is 23.3 Å². The molecule has 0 aliphatic carbocycles. The average molecular weight is 324 g/mol. The van der Waals surface area contributed by atoms with Crippen molar-refractivity contribution in [2.24, 2.45) is 0 Å². The van der Waals surface area contributed by atoms with Crippen molar-refractivity contribution < 1.29 is 4.74 Å². The van der Waals surface area contributed by atoms with Crippen LogP contribution in [0.2, 0.25) is 0 Å². The lowest BCUT2D eigenvalue weighted by Crippen LogP contribution is -2.07. The fraction of sp³-hybridized carbons (Fsp3) is 0.357. The van der Waals surface area contributed by atoms with Gasteiger partial charge < -0.3 is 14.6 Å². The fourth-order valence-corrected chi connectivity index (χ4v) is 2.23. The molecule has 1 N–H and O–H groups in total. The molecule has 102 valence electrons. The van der Waals surface area contributed by atoms with Gasteiger partial charge in [-0.1, -0.05) is 12.1 Å². The number of ether oxygens (including phenoxy) is 1. The second kappa shape index (κ2) is 6.21. The highest BCUT2D eigenvalue weighted by Gasteiger charge is 2.08. The number of methoxy groups -OCH3 is 1. The molecule has 0 spiro atoms. The average Bonchev–Trinajstić information content (AvgIpc) is 2.73. The zero-order valence-corrected chi connectivity index (χ0v) is 13.0. The van der Waals surface area contributed by atoms with Gasteiger partial charge in [0.1, 0.15) is 0 Å². The van der Waals surface area contributed by atoms with E-state index in [1.54, 1.807) is 7.11 Å². The van der Waals surface area contributed by atoms with Gasteiger partial charge in [-0.05, 0) is 41.4 Å². The molecule has 0 saturated heterocycles. The molecular formula is C14H18BrN3O. The zero-order valence-electron chi connectivity index (χ0n) is 11.4. The predicted molar refractivity (Wildman–Crippen MR) is 81.0 cm³/mol. The molecule has 1 aromatic carbocycles. The maximum atomic E-state index is 5.12. The van der Waals surface area contributed by atoms with Crippen LogP contribution in [0, 0.1) is 13.8 Å². The third-order valence-electron chi connectivity index (χ3n) is 2.87. The van der Waals surface area contributed by atoms with Crippen LogP contribution in [0.4, 0.5) is 11.6 Å². The summed E-state index contributed by atoms with van der Waals surface area (Å²) in [4.78, 5) is 4.51. The molecule has 2 rings (SSSR count). The van der Waals surface area contributed by atoms with Crippen molar-refractivity contribution in [3.8, 4) is 0 Å². The first kappa shape index (κ1) is 14.1. The van der Waals surface area contributed by atoms with E-state index in [9.17, 15) is 0 Å². The number of imidazole rings is 1. The second-order valence-corrected chi connectivity index (χ2v) is 5.25. The molecule has 0 bridgehead atoms. The highest BCUT2D eigenvalue weighted by atomic mass is 79.9. The first-order valence-corrected chi connectivity index (χ1v) is 6.96. The number of aryl methyl sites for hydroxylation is 2. The molecular weight excluding hydrogens is 306 g/mol. The molecule has 19 heavy (non-hydrogen) atoms. The van der Waals surface area contributed by atoms with Crippen LogP contribution in [0.1, 0.15) is 11.3 Å². The molecule has 0 atom stereocenters. The summed E-state index contributed by atoms with van der Waals surface area (Å²) < 4.78 is 8.24. The van der Waals surface area contributed by atoms with Gasteiger partial charge in [-0.2, -0.15) is 0 Å². The van der Waals surface area contributed by atoms with Gasteiger partial charge in [0, 0.05) is 24.3 Å². The number of halogens is 1. The lowest BCUT2D eigenvalue weighted by Gasteiger charge is -2.11. The molecule has 0 fully saturated rings. The van der Waals surface area contributed by atoms with Gasteiger partial charge in [-0.25, -0.2) is 4.98 Å². The molecule has 0 saturated carbocycles. The van der Waals surface area contributed by atoms with Crippen LogP contribution in [0.15, 0.2) is 28.9 Å². The van der Waals surface area contributed by atoms with Crippen LogP contribution in [-0.2, 0) is 11.3 Å². The van der Waals surface area contributed by atoms with E-state index in [2.05, 4.69) is 43.8 Å². The molecule has 4 nitrogen and oxygen atoms in total. The second-order valence-electron chi connectivity index (χ2n) is 4.45. The van der Waals surface area contributed by atoms with Crippen LogP contribution in [0.25, 0.3) is 0 Å². The quantitative estimate of drug-likeness (QED) is 0.912. The maximum Gasteiger partial charge on any atom is 0.207 e. The number of aromatic nitrogens is 2. The Hall–Kier alpha value is -1.33. The van der Waals surface area contributed by atoms with Gasteiger partial charge in [0.2, 0.25) is 5.95 Å². The number of hydrogen-bond acceptors (Lipinski definition) is 3. The zero-order chi connectivity index (χ0) is 13.8. The third kappa shape index (κ3) is 3.36. The van der Waals surface area contributed by atoms with Crippen LogP contribution in [0.5, 0.6) is 0 Å². The van der Waals surface area contributed by atoms with Crippen LogP contribution >= 0.6 is 15.9 Å². The predicted octanol–water partition coefficient (Wildman–Crippen LogP) is 3.65. The van der Waals surface area contributed by atoms with E-state index in [-0.39, 0.29) is 0 Å². The number of anilines is 2. The highest BCUT2D eigenvalue weighted by molar-refractivity contribution is 9.10. The Kier molecular flexibility index (Phi) is 4.61. The van der Waals surface area contributed by atoms with Crippen molar-refractivity contribution >= 4 is 27.6 Å². The minimum Gasteiger partial charge on any atom is -0.383 e. The van der Waals surface area contributed by atoms with Gasteiger partial charge in [-0.15, -0.1) is 0 Å². The number of nitrogens with zero attached hydrogens (tertiary/aromatic N) is 2. The first-order chi connectivity index (χ1) is 9.11. The Morgan fingerprint density at radius 1 is 1.37 bits per heavy atom. The van der Waals surface area contributed by atoms with Crippen LogP contribution < -0.4 is 5.32 Å². The number of rotatable bonds is 5. The van der Waals surface area contributed by atoms with E-state index in [1.807, 2.05) is 25.3 Å². The van der Waals surface area contributed by atoms with E-state index in [0.29, 0.717) is 6.61 Å². The van der Waals surface area contributed by atoms with Crippen molar-refractivity contribution in [3.63, 3.8) is 0 Å². The number of nitrogens with one attached hydrogen (secondary N) is 1. The lowest BCUT2D eigenvalue weighted by molar-refractivity contribution is 0.188. The highest BCUT2D eigenvalue weighted by Crippen LogP contribution is 2.28. The molecule has 0 aliphatic heterocycles. The standard InChI is InChI=1S/C14H18BrN3O/c1-10-5-4-6-12(13(10)15)17-14-16-11(2)9-18(14)7-8-19-3/h4-6,9H,7-8H2,1-3H3,(H,16,17). The summed E-state index contributed by atoms with van der Waals surface area (Å²) in [5.74, 6) is 0.834. The van der Waals surface area contributed by atoms with E-state index in [0.717, 1.165) is 28.3 Å². The van der Waals surface area contributed by atoms with E-state index in [4.69, 9.17) is 4.74 Å². The Bertz CT molecular complexity index is 566. The Morgan fingerprint density at radius 2 is 2.16 bits per heavy atom. The number of benzene rings is 1. The molecule has 5 heteroatoms. The van der Waals surface area contributed by atoms with Crippen molar-refractivity contribution in [2.45, 2.75) is 20.4 Å². The molecule has 0 aliphatic rings. The summed E-state index contributed by atoms with van der Waals surface area (Å²) in [5, 5.41) is 3.36. The summed E-state index contributed by atoms with van der Waals surface area (Å²) in [6.45, 7) is 5.50. The Morgan fingerprint density at radius 3 is 2.89 bits per heavy atom. The summed E-state index contributed by atoms with van der Waals surface area (Å²) in [5.41, 5.74) is 3.20. The van der Waals surface area contributed by atoms with Crippen molar-refractivity contribution in [1.29, 1.82) is 0 Å². The SMILES string of the molecule is COCCn1cc(C)nc1Nc1cccc(C)c1Br. The monoisotopic (exact) mass is 323 g/mol. The minimum atomic E-state index is 0.666. The Labute approximate surface area is 121 Å². The van der Waals surface area contributed by atoms with Gasteiger partial charge in [0.15, 0.2) is 0 Å². The Balaban J connectivity index is 2.25. The van der Waals surface area contributed by atoms with Crippen molar-refractivity contribution in [3.05, 3.63) is 40.1 Å². The topological polar surface area (TPSA) is 39.1 Å². The molecule has 1 aromatic heterocycles. The normalized spacial score (nSPS) is 10.7. The molecule has 0 amide bonds. The van der Waals surface area contributed by atoms with Crippen LogP contribution in [0.3, 0.4) is 0 Å². The lowest BCUT2D eigenvalue weighted by atomic mass is 10.2. The third-order valence-corrected chi connectivity index (χ3v) is 3.92. The van der Waals surface area contributed by atoms with Gasteiger partial charge in [0.05, 0.1) is 18.0 Å². The number of hydrogen-bond donors (Lipinski definition) is 1. The largest absolute Gasteiger partial charge is 0.383 e. The maximum absolute atomic E-state index is 5.12. The van der Waals surface area contributed by atoms with Crippen molar-refractivity contribution in [1.82, 2.24) is 9.55 Å². The summed E-state index contributed by atoms with van der Waals surface area (Å²) in [7, 11) is 1.70. The minimum absolute atomic E-state index is 0.666. The van der Waals surface area contributed by atoms with E-state index >= 15 is 0 Å². The van der Waals surface area contributed by atoms with Gasteiger partial charge >= 0.3 is 0 Å². The molecule has 0 radical (unpaired) electrons. The van der Waals surface area contributed by atoms with E-state index < -0.39 is 0 Å². The molecule has 1 heterocycles. The van der Waals surface area contributed by atoms with Gasteiger partial charge in [-0.3, -0.25) is 0 Å². The fourth-order valence-electron chi connectivity index (χ4n) is 1.87. The summed E-state index contributed by atoms with van der Waals surface area (Å²) in [6, 6.07) is 6.12.